The number of aromatic nitrogens is 2. The summed E-state index contributed by atoms with van der Waals surface area (Å²) in [6.45, 7) is 0.673. The molecule has 0 aliphatic heterocycles. The molecule has 1 aromatic carbocycles. The summed E-state index contributed by atoms with van der Waals surface area (Å²) in [6.07, 6.45) is 2.70. The van der Waals surface area contributed by atoms with Gasteiger partial charge in [-0.05, 0) is 23.8 Å². The molecule has 21 heavy (non-hydrogen) atoms. The number of hydrogen-bond acceptors (Lipinski definition) is 3. The molecule has 0 aliphatic carbocycles. The number of aldehydes is 1. The largest absolute Gasteiger partial charge is 0.353 e. The van der Waals surface area contributed by atoms with E-state index in [-0.39, 0.29) is 0 Å². The average molecular weight is 344 g/mol. The second-order valence-electron chi connectivity index (χ2n) is 4.81. The predicted molar refractivity (Wildman–Crippen MR) is 86.8 cm³/mol. The van der Waals surface area contributed by atoms with Gasteiger partial charge in [0.25, 0.3) is 0 Å². The third kappa shape index (κ3) is 2.56. The van der Waals surface area contributed by atoms with Crippen LogP contribution in [0.5, 0.6) is 0 Å². The van der Waals surface area contributed by atoms with Gasteiger partial charge in [0, 0.05) is 24.3 Å². The number of benzene rings is 1. The highest BCUT2D eigenvalue weighted by molar-refractivity contribution is 9.10. The number of carbonyl (C=O) groups is 1. The first-order chi connectivity index (χ1) is 10.2. The number of carbonyl (C=O) groups excluding carboxylic acids is 1. The molecule has 0 spiro atoms. The third-order valence-electron chi connectivity index (χ3n) is 3.39. The van der Waals surface area contributed by atoms with Gasteiger partial charge in [-0.1, -0.05) is 40.2 Å². The summed E-state index contributed by atoms with van der Waals surface area (Å²) in [6, 6.07) is 13.7. The van der Waals surface area contributed by atoms with Crippen molar-refractivity contribution in [2.45, 2.75) is 6.54 Å². The number of nitrogens with zero attached hydrogens (tertiary/aromatic N) is 3. The fraction of sp³-hybridized carbons (Fsp3) is 0.125. The van der Waals surface area contributed by atoms with E-state index in [0.717, 1.165) is 22.0 Å². The van der Waals surface area contributed by atoms with E-state index in [2.05, 4.69) is 27.0 Å². The Morgan fingerprint density at radius 2 is 2.00 bits per heavy atom. The molecule has 2 heterocycles. The highest BCUT2D eigenvalue weighted by atomic mass is 79.9. The average Bonchev–Trinajstić information content (AvgIpc) is 2.88. The summed E-state index contributed by atoms with van der Waals surface area (Å²) in [7, 11) is 1.94. The molecule has 0 saturated carbocycles. The summed E-state index contributed by atoms with van der Waals surface area (Å²) in [4.78, 5) is 18.0. The second kappa shape index (κ2) is 5.69. The Balaban J connectivity index is 2.00. The van der Waals surface area contributed by atoms with Gasteiger partial charge < -0.3 is 4.90 Å². The fourth-order valence-electron chi connectivity index (χ4n) is 2.35. The maximum Gasteiger partial charge on any atom is 0.170 e. The van der Waals surface area contributed by atoms with Gasteiger partial charge in [0.15, 0.2) is 12.1 Å². The van der Waals surface area contributed by atoms with Crippen molar-refractivity contribution >= 4 is 33.7 Å². The van der Waals surface area contributed by atoms with Gasteiger partial charge in [0.05, 0.1) is 0 Å². The summed E-state index contributed by atoms with van der Waals surface area (Å²) >= 11 is 3.55. The quantitative estimate of drug-likeness (QED) is 0.680. The molecular weight excluding hydrogens is 330 g/mol. The third-order valence-corrected chi connectivity index (χ3v) is 4.16. The maximum absolute atomic E-state index is 11.4. The van der Waals surface area contributed by atoms with Crippen LogP contribution in [-0.4, -0.2) is 22.7 Å². The lowest BCUT2D eigenvalue weighted by molar-refractivity contribution is 0.111. The molecule has 4 nitrogen and oxygen atoms in total. The van der Waals surface area contributed by atoms with Crippen molar-refractivity contribution < 1.29 is 4.79 Å². The zero-order valence-electron chi connectivity index (χ0n) is 11.5. The van der Waals surface area contributed by atoms with E-state index >= 15 is 0 Å². The van der Waals surface area contributed by atoms with Gasteiger partial charge >= 0.3 is 0 Å². The van der Waals surface area contributed by atoms with Crippen LogP contribution in [0, 0.1) is 0 Å². The Labute approximate surface area is 131 Å². The van der Waals surface area contributed by atoms with Crippen LogP contribution >= 0.6 is 15.9 Å². The summed E-state index contributed by atoms with van der Waals surface area (Å²) in [5.74, 6) is 0.687. The van der Waals surface area contributed by atoms with Gasteiger partial charge in [0.1, 0.15) is 11.3 Å². The number of fused-ring (bicyclic) bond motifs is 1. The van der Waals surface area contributed by atoms with Crippen molar-refractivity contribution in [1.82, 2.24) is 9.38 Å². The van der Waals surface area contributed by atoms with Gasteiger partial charge in [-0.15, -0.1) is 0 Å². The van der Waals surface area contributed by atoms with Crippen molar-refractivity contribution in [2.75, 3.05) is 11.9 Å². The first kappa shape index (κ1) is 13.8. The first-order valence-electron chi connectivity index (χ1n) is 6.57. The Kier molecular flexibility index (Phi) is 3.75. The number of rotatable bonds is 4. The van der Waals surface area contributed by atoms with E-state index in [1.807, 2.05) is 54.5 Å². The molecule has 0 amide bonds. The topological polar surface area (TPSA) is 37.6 Å². The first-order valence-corrected chi connectivity index (χ1v) is 7.37. The zero-order valence-corrected chi connectivity index (χ0v) is 13.1. The molecule has 0 fully saturated rings. The smallest absolute Gasteiger partial charge is 0.170 e. The van der Waals surface area contributed by atoms with E-state index in [1.165, 1.54) is 0 Å². The number of imidazole rings is 1. The normalized spacial score (nSPS) is 10.8. The van der Waals surface area contributed by atoms with Crippen LogP contribution < -0.4 is 4.90 Å². The van der Waals surface area contributed by atoms with Crippen molar-refractivity contribution in [2.24, 2.45) is 0 Å². The molecule has 0 saturated heterocycles. The van der Waals surface area contributed by atoms with Crippen LogP contribution in [0.2, 0.25) is 0 Å². The molecule has 0 aliphatic rings. The Bertz CT molecular complexity index is 797. The Morgan fingerprint density at radius 3 is 2.76 bits per heavy atom. The van der Waals surface area contributed by atoms with Crippen LogP contribution in [0.1, 0.15) is 16.1 Å². The highest BCUT2D eigenvalue weighted by Gasteiger charge is 2.15. The standard InChI is InChI=1S/C16H14BrN3O/c1-19(10-12-6-2-3-7-13(12)17)16-14(11-21)20-9-5-4-8-15(20)18-16/h2-9,11H,10H2,1H3. The monoisotopic (exact) mass is 343 g/mol. The Hall–Kier alpha value is -2.14. The van der Waals surface area contributed by atoms with Crippen molar-refractivity contribution in [3.8, 4) is 0 Å². The SMILES string of the molecule is CN(Cc1ccccc1Br)c1nc2ccccn2c1C=O. The lowest BCUT2D eigenvalue weighted by atomic mass is 10.2. The summed E-state index contributed by atoms with van der Waals surface area (Å²) in [5, 5.41) is 0. The van der Waals surface area contributed by atoms with Gasteiger partial charge in [-0.25, -0.2) is 4.98 Å². The minimum absolute atomic E-state index is 0.570. The molecule has 0 atom stereocenters. The number of anilines is 1. The second-order valence-corrected chi connectivity index (χ2v) is 5.67. The van der Waals surface area contributed by atoms with Gasteiger partial charge in [0.2, 0.25) is 0 Å². The van der Waals surface area contributed by atoms with Crippen LogP contribution in [0.25, 0.3) is 5.65 Å². The summed E-state index contributed by atoms with van der Waals surface area (Å²) < 4.78 is 2.85. The lowest BCUT2D eigenvalue weighted by Crippen LogP contribution is -2.18. The summed E-state index contributed by atoms with van der Waals surface area (Å²) in [5.41, 5.74) is 2.49. The van der Waals surface area contributed by atoms with Crippen molar-refractivity contribution in [3.05, 3.63) is 64.4 Å². The lowest BCUT2D eigenvalue weighted by Gasteiger charge is -2.18. The maximum atomic E-state index is 11.4. The minimum Gasteiger partial charge on any atom is -0.353 e. The fourth-order valence-corrected chi connectivity index (χ4v) is 2.76. The molecule has 0 unspecified atom stereocenters. The minimum atomic E-state index is 0.570. The molecule has 0 N–H and O–H groups in total. The predicted octanol–water partition coefficient (Wildman–Crippen LogP) is 3.55. The molecule has 3 rings (SSSR count). The Morgan fingerprint density at radius 1 is 1.24 bits per heavy atom. The van der Waals surface area contributed by atoms with Gasteiger partial charge in [-0.2, -0.15) is 0 Å². The number of hydrogen-bond donors (Lipinski definition) is 0. The van der Waals surface area contributed by atoms with E-state index in [4.69, 9.17) is 0 Å². The number of pyridine rings is 1. The molecule has 5 heteroatoms. The van der Waals surface area contributed by atoms with Crippen molar-refractivity contribution in [1.29, 1.82) is 0 Å². The van der Waals surface area contributed by atoms with Crippen LogP contribution in [-0.2, 0) is 6.54 Å². The molecule has 0 radical (unpaired) electrons. The van der Waals surface area contributed by atoms with E-state index < -0.39 is 0 Å². The van der Waals surface area contributed by atoms with Crippen LogP contribution in [0.15, 0.2) is 53.1 Å². The molecule has 0 bridgehead atoms. The number of halogens is 1. The van der Waals surface area contributed by atoms with E-state index in [9.17, 15) is 4.79 Å². The van der Waals surface area contributed by atoms with Crippen molar-refractivity contribution in [3.63, 3.8) is 0 Å². The zero-order chi connectivity index (χ0) is 14.8. The van der Waals surface area contributed by atoms with Crippen LogP contribution in [0.4, 0.5) is 5.82 Å². The highest BCUT2D eigenvalue weighted by Crippen LogP contribution is 2.23. The van der Waals surface area contributed by atoms with Gasteiger partial charge in [-0.3, -0.25) is 9.20 Å². The molecular formula is C16H14BrN3O. The van der Waals surface area contributed by atoms with E-state index in [1.54, 1.807) is 4.40 Å². The van der Waals surface area contributed by atoms with Crippen LogP contribution in [0.3, 0.4) is 0 Å². The van der Waals surface area contributed by atoms with E-state index in [0.29, 0.717) is 18.1 Å². The molecule has 106 valence electrons. The molecule has 3 aromatic rings. The molecule has 2 aromatic heterocycles.